The quantitative estimate of drug-likeness (QED) is 0.236. The molecule has 0 radical (unpaired) electrons. The van der Waals surface area contributed by atoms with Gasteiger partial charge in [0.15, 0.2) is 0 Å². The van der Waals surface area contributed by atoms with Crippen molar-refractivity contribution in [2.24, 2.45) is 5.73 Å². The van der Waals surface area contributed by atoms with Gasteiger partial charge in [0.2, 0.25) is 5.91 Å². The van der Waals surface area contributed by atoms with Crippen LogP contribution in [0.3, 0.4) is 0 Å². The van der Waals surface area contributed by atoms with Crippen LogP contribution in [-0.2, 0) is 20.8 Å². The molecule has 0 aliphatic carbocycles. The van der Waals surface area contributed by atoms with Crippen molar-refractivity contribution in [3.8, 4) is 0 Å². The summed E-state index contributed by atoms with van der Waals surface area (Å²) in [5.41, 5.74) is 4.43. The minimum absolute atomic E-state index is 0.107. The number of nitrogens with two attached hydrogens (primary N) is 1. The summed E-state index contributed by atoms with van der Waals surface area (Å²) in [6.07, 6.45) is 1.52. The fourth-order valence-electron chi connectivity index (χ4n) is 2.45. The van der Waals surface area contributed by atoms with E-state index in [2.05, 4.69) is 15.6 Å². The molecular weight excluding hydrogens is 454 g/mol. The molecule has 5 N–H and O–H groups in total. The first-order chi connectivity index (χ1) is 15.8. The Morgan fingerprint density at radius 1 is 1.12 bits per heavy atom. The Kier molecular flexibility index (Phi) is 10.4. The molecule has 1 heterocycles. The van der Waals surface area contributed by atoms with E-state index >= 15 is 0 Å². The highest BCUT2D eigenvalue weighted by atomic mass is 35.5. The topological polar surface area (TPSA) is 158 Å². The molecule has 0 aliphatic heterocycles. The Morgan fingerprint density at radius 2 is 1.79 bits per heavy atom. The van der Waals surface area contributed by atoms with Gasteiger partial charge < -0.3 is 30.9 Å². The lowest BCUT2D eigenvalue weighted by Crippen LogP contribution is -2.51. The Labute approximate surface area is 195 Å². The molecule has 0 saturated carbocycles. The maximum Gasteiger partial charge on any atom is 0.349 e. The SMILES string of the molecule is CC(N)(CO)C(=O)Nc1ccc(C(=O)Nc2ccn(CCOCCOCCCl)c(=O)n2)cc1. The number of aromatic nitrogens is 2. The number of aliphatic hydroxyl groups is 1. The lowest BCUT2D eigenvalue weighted by molar-refractivity contribution is -0.121. The minimum Gasteiger partial charge on any atom is -0.394 e. The van der Waals surface area contributed by atoms with Crippen molar-refractivity contribution in [2.75, 3.05) is 49.5 Å². The maximum atomic E-state index is 12.4. The standard InChI is InChI=1S/C21H28ClN5O6/c1-21(23,14-28)19(30)24-16-4-2-15(3-5-16)18(29)25-17-6-8-27(20(31)26-17)9-11-33-13-12-32-10-7-22/h2-6,8,28H,7,9-14,23H2,1H3,(H,24,30)(H,25,26,29,31). The Morgan fingerprint density at radius 3 is 2.39 bits per heavy atom. The summed E-state index contributed by atoms with van der Waals surface area (Å²) in [7, 11) is 0. The molecule has 0 spiro atoms. The fourth-order valence-corrected chi connectivity index (χ4v) is 2.56. The number of alkyl halides is 1. The number of halogens is 1. The van der Waals surface area contributed by atoms with Crippen LogP contribution in [0, 0.1) is 0 Å². The van der Waals surface area contributed by atoms with Gasteiger partial charge in [0.05, 0.1) is 39.6 Å². The summed E-state index contributed by atoms with van der Waals surface area (Å²) < 4.78 is 11.9. The van der Waals surface area contributed by atoms with Crippen molar-refractivity contribution in [3.63, 3.8) is 0 Å². The van der Waals surface area contributed by atoms with E-state index in [-0.39, 0.29) is 5.82 Å². The normalized spacial score (nSPS) is 12.7. The summed E-state index contributed by atoms with van der Waals surface area (Å²) >= 11 is 5.50. The maximum absolute atomic E-state index is 12.4. The van der Waals surface area contributed by atoms with Crippen LogP contribution < -0.4 is 22.1 Å². The van der Waals surface area contributed by atoms with E-state index in [1.54, 1.807) is 0 Å². The highest BCUT2D eigenvalue weighted by Gasteiger charge is 2.27. The first kappa shape index (κ1) is 26.4. The van der Waals surface area contributed by atoms with E-state index in [1.807, 2.05) is 0 Å². The molecule has 11 nitrogen and oxygen atoms in total. The molecule has 0 aliphatic rings. The van der Waals surface area contributed by atoms with E-state index < -0.39 is 29.6 Å². The molecule has 0 fully saturated rings. The number of hydrogen-bond acceptors (Lipinski definition) is 8. The Balaban J connectivity index is 1.86. The summed E-state index contributed by atoms with van der Waals surface area (Å²) in [6, 6.07) is 7.54. The van der Waals surface area contributed by atoms with Gasteiger partial charge in [-0.25, -0.2) is 4.79 Å². The molecule has 1 aromatic heterocycles. The molecule has 2 aromatic rings. The molecular formula is C21H28ClN5O6. The summed E-state index contributed by atoms with van der Waals surface area (Å²) in [6.45, 7) is 2.78. The number of nitrogens with zero attached hydrogens (tertiary/aromatic N) is 2. The van der Waals surface area contributed by atoms with Gasteiger partial charge in [0.1, 0.15) is 11.4 Å². The van der Waals surface area contributed by atoms with Gasteiger partial charge in [-0.3, -0.25) is 14.2 Å². The molecule has 2 rings (SSSR count). The highest BCUT2D eigenvalue weighted by Crippen LogP contribution is 2.13. The van der Waals surface area contributed by atoms with Crippen LogP contribution in [0.4, 0.5) is 11.5 Å². The van der Waals surface area contributed by atoms with Gasteiger partial charge in [-0.05, 0) is 37.3 Å². The van der Waals surface area contributed by atoms with Crippen molar-refractivity contribution in [3.05, 3.63) is 52.6 Å². The van der Waals surface area contributed by atoms with Crippen LogP contribution in [0.5, 0.6) is 0 Å². The number of rotatable bonds is 13. The average Bonchev–Trinajstić information content (AvgIpc) is 2.80. The van der Waals surface area contributed by atoms with Gasteiger partial charge in [0.25, 0.3) is 5.91 Å². The number of carbonyl (C=O) groups excluding carboxylic acids is 2. The molecule has 33 heavy (non-hydrogen) atoms. The van der Waals surface area contributed by atoms with Gasteiger partial charge in [0, 0.05) is 23.3 Å². The van der Waals surface area contributed by atoms with Crippen LogP contribution in [-0.4, -0.2) is 70.9 Å². The number of aliphatic hydroxyl groups excluding tert-OH is 1. The second-order valence-corrected chi connectivity index (χ2v) is 7.64. The third kappa shape index (κ3) is 8.56. The van der Waals surface area contributed by atoms with Crippen LogP contribution in [0.25, 0.3) is 0 Å². The third-order valence-corrected chi connectivity index (χ3v) is 4.59. The zero-order valence-electron chi connectivity index (χ0n) is 18.3. The van der Waals surface area contributed by atoms with E-state index in [9.17, 15) is 14.4 Å². The largest absolute Gasteiger partial charge is 0.394 e. The molecule has 1 aromatic carbocycles. The Hall–Kier alpha value is -2.83. The van der Waals surface area contributed by atoms with Crippen molar-refractivity contribution >= 4 is 34.9 Å². The van der Waals surface area contributed by atoms with Crippen molar-refractivity contribution in [2.45, 2.75) is 19.0 Å². The third-order valence-electron chi connectivity index (χ3n) is 4.44. The summed E-state index contributed by atoms with van der Waals surface area (Å²) in [5.74, 6) is -0.502. The van der Waals surface area contributed by atoms with Gasteiger partial charge >= 0.3 is 5.69 Å². The van der Waals surface area contributed by atoms with Gasteiger partial charge in [-0.2, -0.15) is 4.98 Å². The van der Waals surface area contributed by atoms with Crippen molar-refractivity contribution in [1.82, 2.24) is 9.55 Å². The van der Waals surface area contributed by atoms with E-state index in [4.69, 9.17) is 31.9 Å². The molecule has 0 saturated heterocycles. The van der Waals surface area contributed by atoms with E-state index in [0.29, 0.717) is 50.1 Å². The smallest absolute Gasteiger partial charge is 0.349 e. The van der Waals surface area contributed by atoms with Crippen LogP contribution >= 0.6 is 11.6 Å². The number of benzene rings is 1. The lowest BCUT2D eigenvalue weighted by atomic mass is 10.0. The molecule has 180 valence electrons. The number of nitrogens with one attached hydrogen (secondary N) is 2. The second kappa shape index (κ2) is 13.0. The monoisotopic (exact) mass is 481 g/mol. The van der Waals surface area contributed by atoms with Crippen molar-refractivity contribution < 1.29 is 24.2 Å². The van der Waals surface area contributed by atoms with Crippen LogP contribution in [0.2, 0.25) is 0 Å². The molecule has 1 unspecified atom stereocenters. The fraction of sp³-hybridized carbons (Fsp3) is 0.429. The van der Waals surface area contributed by atoms with Gasteiger partial charge in [-0.1, -0.05) is 0 Å². The summed E-state index contributed by atoms with van der Waals surface area (Å²) in [4.78, 5) is 40.4. The number of carbonyl (C=O) groups is 2. The van der Waals surface area contributed by atoms with Crippen molar-refractivity contribution in [1.29, 1.82) is 0 Å². The van der Waals surface area contributed by atoms with Gasteiger partial charge in [-0.15, -0.1) is 11.6 Å². The number of amides is 2. The minimum atomic E-state index is -1.42. The van der Waals surface area contributed by atoms with E-state index in [1.165, 1.54) is 48.0 Å². The number of hydrogen-bond donors (Lipinski definition) is 4. The summed E-state index contributed by atoms with van der Waals surface area (Å²) in [5, 5.41) is 14.3. The first-order valence-corrected chi connectivity index (χ1v) is 10.7. The Bertz CT molecular complexity index is 980. The molecule has 1 atom stereocenters. The predicted molar refractivity (Wildman–Crippen MR) is 124 cm³/mol. The number of anilines is 2. The molecule has 12 heteroatoms. The predicted octanol–water partition coefficient (Wildman–Crippen LogP) is 0.416. The highest BCUT2D eigenvalue weighted by molar-refractivity contribution is 6.17. The lowest BCUT2D eigenvalue weighted by Gasteiger charge is -2.20. The number of ether oxygens (including phenoxy) is 2. The van der Waals surface area contributed by atoms with E-state index in [0.717, 1.165) is 0 Å². The zero-order chi connectivity index (χ0) is 24.3. The first-order valence-electron chi connectivity index (χ1n) is 10.2. The zero-order valence-corrected chi connectivity index (χ0v) is 19.0. The molecule has 0 bridgehead atoms. The average molecular weight is 482 g/mol. The second-order valence-electron chi connectivity index (χ2n) is 7.26. The molecule has 2 amide bonds. The van der Waals surface area contributed by atoms with Crippen LogP contribution in [0.1, 0.15) is 17.3 Å². The van der Waals surface area contributed by atoms with Crippen LogP contribution in [0.15, 0.2) is 41.3 Å².